The highest BCUT2D eigenvalue weighted by molar-refractivity contribution is 5.75. The monoisotopic (exact) mass is 166 g/mol. The first-order chi connectivity index (χ1) is 5.70. The molecule has 0 bridgehead atoms. The molecule has 0 spiro atoms. The summed E-state index contributed by atoms with van der Waals surface area (Å²) >= 11 is 0. The molecule has 0 fully saturated rings. The third-order valence-electron chi connectivity index (χ3n) is 2.38. The van der Waals surface area contributed by atoms with Gasteiger partial charge in [-0.1, -0.05) is 0 Å². The highest BCUT2D eigenvalue weighted by Crippen LogP contribution is 2.28. The summed E-state index contributed by atoms with van der Waals surface area (Å²) in [6, 6.07) is 0. The van der Waals surface area contributed by atoms with Gasteiger partial charge in [-0.15, -0.1) is 0 Å². The molecule has 1 aliphatic heterocycles. The number of aromatic nitrogens is 2. The Bertz CT molecular complexity index is 330. The molecular weight excluding hydrogens is 156 g/mol. The zero-order chi connectivity index (χ0) is 8.72. The third kappa shape index (κ3) is 0.841. The minimum atomic E-state index is -0.742. The lowest BCUT2D eigenvalue weighted by Gasteiger charge is -1.99. The topological polar surface area (TPSA) is 55.1 Å². The number of nitrogens with zero attached hydrogens (tertiary/aromatic N) is 2. The number of rotatable bonds is 1. The number of carboxylic acids is 1. The number of aryl methyl sites for hydroxylation is 1. The Balaban J connectivity index is 2.43. The van der Waals surface area contributed by atoms with E-state index in [2.05, 4.69) is 4.98 Å². The van der Waals surface area contributed by atoms with E-state index in [9.17, 15) is 4.79 Å². The van der Waals surface area contributed by atoms with E-state index in [-0.39, 0.29) is 5.92 Å². The Morgan fingerprint density at radius 2 is 2.58 bits per heavy atom. The highest BCUT2D eigenvalue weighted by Gasteiger charge is 2.29. The molecule has 1 aliphatic rings. The van der Waals surface area contributed by atoms with Crippen molar-refractivity contribution >= 4 is 5.97 Å². The molecule has 0 radical (unpaired) electrons. The Hall–Kier alpha value is -1.32. The van der Waals surface area contributed by atoms with Gasteiger partial charge in [0.1, 0.15) is 11.7 Å². The average Bonchev–Trinajstić information content (AvgIpc) is 2.53. The lowest BCUT2D eigenvalue weighted by molar-refractivity contribution is -0.138. The second-order valence-corrected chi connectivity index (χ2v) is 3.06. The molecule has 64 valence electrons. The van der Waals surface area contributed by atoms with Crippen LogP contribution in [0.2, 0.25) is 0 Å². The zero-order valence-electron chi connectivity index (χ0n) is 6.82. The predicted octanol–water partition coefficient (Wildman–Crippen LogP) is 0.763. The van der Waals surface area contributed by atoms with Crippen LogP contribution in [-0.2, 0) is 11.3 Å². The van der Waals surface area contributed by atoms with Crippen molar-refractivity contribution in [2.24, 2.45) is 0 Å². The number of fused-ring (bicyclic) bond motifs is 1. The Kier molecular flexibility index (Phi) is 1.43. The van der Waals surface area contributed by atoms with Gasteiger partial charge in [0.05, 0.1) is 5.69 Å². The van der Waals surface area contributed by atoms with E-state index in [1.807, 2.05) is 11.5 Å². The first-order valence-electron chi connectivity index (χ1n) is 3.95. The number of carbonyl (C=O) groups is 1. The number of imidazole rings is 1. The quantitative estimate of drug-likeness (QED) is 0.670. The van der Waals surface area contributed by atoms with E-state index in [1.165, 1.54) is 0 Å². The van der Waals surface area contributed by atoms with E-state index in [4.69, 9.17) is 5.11 Å². The minimum absolute atomic E-state index is 0.341. The van der Waals surface area contributed by atoms with Crippen molar-refractivity contribution < 1.29 is 9.90 Å². The summed E-state index contributed by atoms with van der Waals surface area (Å²) in [6.45, 7) is 2.69. The average molecular weight is 166 g/mol. The Morgan fingerprint density at radius 3 is 3.25 bits per heavy atom. The highest BCUT2D eigenvalue weighted by atomic mass is 16.4. The van der Waals surface area contributed by atoms with E-state index in [0.717, 1.165) is 18.1 Å². The van der Waals surface area contributed by atoms with Crippen LogP contribution in [-0.4, -0.2) is 20.6 Å². The van der Waals surface area contributed by atoms with Crippen LogP contribution in [0.25, 0.3) is 0 Å². The van der Waals surface area contributed by atoms with Gasteiger partial charge in [-0.05, 0) is 13.3 Å². The fraction of sp³-hybridized carbons (Fsp3) is 0.500. The van der Waals surface area contributed by atoms with Crippen LogP contribution in [0, 0.1) is 6.92 Å². The summed E-state index contributed by atoms with van der Waals surface area (Å²) in [5, 5.41) is 8.83. The van der Waals surface area contributed by atoms with E-state index >= 15 is 0 Å². The minimum Gasteiger partial charge on any atom is -0.481 e. The van der Waals surface area contributed by atoms with Crippen molar-refractivity contribution in [2.75, 3.05) is 0 Å². The van der Waals surface area contributed by atoms with Gasteiger partial charge >= 0.3 is 5.97 Å². The third-order valence-corrected chi connectivity index (χ3v) is 2.38. The maximum absolute atomic E-state index is 10.7. The molecule has 2 rings (SSSR count). The predicted molar refractivity (Wildman–Crippen MR) is 42.0 cm³/mol. The van der Waals surface area contributed by atoms with Crippen LogP contribution >= 0.6 is 0 Å². The van der Waals surface area contributed by atoms with Crippen molar-refractivity contribution in [2.45, 2.75) is 25.8 Å². The molecule has 1 unspecified atom stereocenters. The summed E-state index contributed by atoms with van der Waals surface area (Å²) in [5.74, 6) is -0.173. The first kappa shape index (κ1) is 7.34. The molecule has 1 atom stereocenters. The van der Waals surface area contributed by atoms with Crippen molar-refractivity contribution in [3.05, 3.63) is 17.7 Å². The van der Waals surface area contributed by atoms with Gasteiger partial charge in [0.15, 0.2) is 0 Å². The molecule has 12 heavy (non-hydrogen) atoms. The van der Waals surface area contributed by atoms with Gasteiger partial charge in [-0.25, -0.2) is 4.98 Å². The van der Waals surface area contributed by atoms with E-state index in [0.29, 0.717) is 6.42 Å². The molecule has 0 amide bonds. The van der Waals surface area contributed by atoms with Gasteiger partial charge in [-0.3, -0.25) is 4.79 Å². The summed E-state index contributed by atoms with van der Waals surface area (Å²) in [5.41, 5.74) is 0.847. The van der Waals surface area contributed by atoms with Gasteiger partial charge in [0.2, 0.25) is 0 Å². The largest absolute Gasteiger partial charge is 0.481 e. The molecule has 4 heteroatoms. The smallest absolute Gasteiger partial charge is 0.312 e. The molecule has 0 saturated heterocycles. The van der Waals surface area contributed by atoms with Crippen LogP contribution < -0.4 is 0 Å². The lowest BCUT2D eigenvalue weighted by Crippen LogP contribution is -2.07. The maximum Gasteiger partial charge on any atom is 0.312 e. The number of hydrogen-bond donors (Lipinski definition) is 1. The van der Waals surface area contributed by atoms with Crippen LogP contribution in [0.15, 0.2) is 6.20 Å². The molecule has 1 aromatic rings. The molecule has 0 saturated carbocycles. The molecule has 2 heterocycles. The van der Waals surface area contributed by atoms with Crippen LogP contribution in [0.5, 0.6) is 0 Å². The van der Waals surface area contributed by atoms with Gasteiger partial charge in [0.25, 0.3) is 0 Å². The summed E-state index contributed by atoms with van der Waals surface area (Å²) in [4.78, 5) is 14.8. The summed E-state index contributed by atoms with van der Waals surface area (Å²) in [6.07, 6.45) is 2.37. The molecule has 0 aromatic carbocycles. The fourth-order valence-electron chi connectivity index (χ4n) is 1.71. The molecule has 1 N–H and O–H groups in total. The number of carboxylic acid groups (broad SMARTS) is 1. The van der Waals surface area contributed by atoms with Crippen LogP contribution in [0.1, 0.15) is 23.9 Å². The van der Waals surface area contributed by atoms with Crippen molar-refractivity contribution in [3.8, 4) is 0 Å². The van der Waals surface area contributed by atoms with E-state index in [1.54, 1.807) is 6.20 Å². The van der Waals surface area contributed by atoms with E-state index < -0.39 is 5.97 Å². The summed E-state index contributed by atoms with van der Waals surface area (Å²) < 4.78 is 1.97. The standard InChI is InChI=1S/C8H10N2O2/c1-5-9-4-7-6(8(11)12)2-3-10(5)7/h4,6H,2-3H2,1H3,(H,11,12). The zero-order valence-corrected chi connectivity index (χ0v) is 6.82. The van der Waals surface area contributed by atoms with Crippen molar-refractivity contribution in [3.63, 3.8) is 0 Å². The van der Waals surface area contributed by atoms with Gasteiger partial charge in [0, 0.05) is 12.7 Å². The molecule has 4 nitrogen and oxygen atoms in total. The maximum atomic E-state index is 10.7. The fourth-order valence-corrected chi connectivity index (χ4v) is 1.71. The SMILES string of the molecule is Cc1ncc2n1CCC2C(=O)O. The summed E-state index contributed by atoms with van der Waals surface area (Å²) in [7, 11) is 0. The molecule has 0 aliphatic carbocycles. The van der Waals surface area contributed by atoms with Crippen molar-refractivity contribution in [1.29, 1.82) is 0 Å². The molecule has 1 aromatic heterocycles. The van der Waals surface area contributed by atoms with Crippen LogP contribution in [0.3, 0.4) is 0 Å². The van der Waals surface area contributed by atoms with Crippen LogP contribution in [0.4, 0.5) is 0 Å². The Labute approximate surface area is 69.8 Å². The second kappa shape index (κ2) is 2.33. The molecular formula is C8H10N2O2. The van der Waals surface area contributed by atoms with Crippen molar-refractivity contribution in [1.82, 2.24) is 9.55 Å². The second-order valence-electron chi connectivity index (χ2n) is 3.06. The lowest BCUT2D eigenvalue weighted by atomic mass is 10.1. The Morgan fingerprint density at radius 1 is 1.83 bits per heavy atom. The first-order valence-corrected chi connectivity index (χ1v) is 3.95. The normalized spacial score (nSPS) is 20.9. The van der Waals surface area contributed by atoms with Gasteiger partial charge in [-0.2, -0.15) is 0 Å². The number of aliphatic carboxylic acids is 1. The number of hydrogen-bond acceptors (Lipinski definition) is 2. The van der Waals surface area contributed by atoms with Gasteiger partial charge < -0.3 is 9.67 Å².